The molecule has 28 heavy (non-hydrogen) atoms. The van der Waals surface area contributed by atoms with Crippen molar-refractivity contribution >= 4 is 22.9 Å². The first-order valence-corrected chi connectivity index (χ1v) is 9.14. The second kappa shape index (κ2) is 8.00. The van der Waals surface area contributed by atoms with Crippen LogP contribution in [-0.4, -0.2) is 31.9 Å². The fourth-order valence-corrected chi connectivity index (χ4v) is 3.09. The SMILES string of the molecule is CCOc1ccc2ccccc2c1/C=N/NC(=O)c1ccc2c(c1)OCCO2. The van der Waals surface area contributed by atoms with Gasteiger partial charge in [0.25, 0.3) is 5.91 Å². The van der Waals surface area contributed by atoms with E-state index < -0.39 is 0 Å². The number of fused-ring (bicyclic) bond motifs is 2. The molecule has 1 N–H and O–H groups in total. The van der Waals surface area contributed by atoms with E-state index in [1.807, 2.05) is 43.3 Å². The number of nitrogens with zero attached hydrogens (tertiary/aromatic N) is 1. The molecule has 0 saturated carbocycles. The first kappa shape index (κ1) is 17.9. The average Bonchev–Trinajstić information content (AvgIpc) is 2.74. The highest BCUT2D eigenvalue weighted by molar-refractivity contribution is 6.03. The highest BCUT2D eigenvalue weighted by atomic mass is 16.6. The van der Waals surface area contributed by atoms with Crippen LogP contribution < -0.4 is 19.6 Å². The third-order valence-corrected chi connectivity index (χ3v) is 4.39. The first-order valence-electron chi connectivity index (χ1n) is 9.14. The Hall–Kier alpha value is -3.54. The third kappa shape index (κ3) is 3.62. The number of hydrazone groups is 1. The highest BCUT2D eigenvalue weighted by Gasteiger charge is 2.14. The molecule has 4 rings (SSSR count). The number of hydrogen-bond acceptors (Lipinski definition) is 5. The lowest BCUT2D eigenvalue weighted by Crippen LogP contribution is -2.19. The van der Waals surface area contributed by atoms with Crippen molar-refractivity contribution in [1.29, 1.82) is 0 Å². The second-order valence-electron chi connectivity index (χ2n) is 6.19. The second-order valence-corrected chi connectivity index (χ2v) is 6.19. The highest BCUT2D eigenvalue weighted by Crippen LogP contribution is 2.30. The van der Waals surface area contributed by atoms with Gasteiger partial charge in [-0.1, -0.05) is 30.3 Å². The molecule has 0 saturated heterocycles. The lowest BCUT2D eigenvalue weighted by Gasteiger charge is -2.18. The van der Waals surface area contributed by atoms with Crippen molar-refractivity contribution in [2.45, 2.75) is 6.92 Å². The summed E-state index contributed by atoms with van der Waals surface area (Å²) in [4.78, 5) is 12.4. The largest absolute Gasteiger partial charge is 0.493 e. The molecule has 6 heteroatoms. The molecule has 1 heterocycles. The zero-order valence-electron chi connectivity index (χ0n) is 15.5. The summed E-state index contributed by atoms with van der Waals surface area (Å²) in [6.07, 6.45) is 1.61. The lowest BCUT2D eigenvalue weighted by atomic mass is 10.0. The molecular formula is C22H20N2O4. The van der Waals surface area contributed by atoms with Crippen LogP contribution in [0.3, 0.4) is 0 Å². The smallest absolute Gasteiger partial charge is 0.271 e. The van der Waals surface area contributed by atoms with Gasteiger partial charge in [-0.25, -0.2) is 5.43 Å². The number of amides is 1. The van der Waals surface area contributed by atoms with Crippen LogP contribution in [0.4, 0.5) is 0 Å². The van der Waals surface area contributed by atoms with Gasteiger partial charge in [0, 0.05) is 11.1 Å². The molecule has 0 fully saturated rings. The van der Waals surface area contributed by atoms with Gasteiger partial charge in [-0.2, -0.15) is 5.10 Å². The minimum absolute atomic E-state index is 0.327. The van der Waals surface area contributed by atoms with E-state index >= 15 is 0 Å². The summed E-state index contributed by atoms with van der Waals surface area (Å²) in [6.45, 7) is 3.45. The quantitative estimate of drug-likeness (QED) is 0.544. The van der Waals surface area contributed by atoms with Crippen LogP contribution in [0.15, 0.2) is 59.7 Å². The van der Waals surface area contributed by atoms with Crippen LogP contribution in [0, 0.1) is 0 Å². The van der Waals surface area contributed by atoms with Crippen molar-refractivity contribution in [2.24, 2.45) is 5.10 Å². The Kier molecular flexibility index (Phi) is 5.10. The lowest BCUT2D eigenvalue weighted by molar-refractivity contribution is 0.0954. The summed E-state index contributed by atoms with van der Waals surface area (Å²) < 4.78 is 16.7. The molecule has 0 aliphatic carbocycles. The molecule has 6 nitrogen and oxygen atoms in total. The van der Waals surface area contributed by atoms with Crippen molar-refractivity contribution in [2.75, 3.05) is 19.8 Å². The van der Waals surface area contributed by atoms with Crippen molar-refractivity contribution in [3.8, 4) is 17.2 Å². The van der Waals surface area contributed by atoms with Gasteiger partial charge in [-0.15, -0.1) is 0 Å². The van der Waals surface area contributed by atoms with Crippen LogP contribution in [-0.2, 0) is 0 Å². The van der Waals surface area contributed by atoms with Crippen molar-refractivity contribution < 1.29 is 19.0 Å². The molecule has 1 aliphatic rings. The molecule has 0 spiro atoms. The fourth-order valence-electron chi connectivity index (χ4n) is 3.09. The summed E-state index contributed by atoms with van der Waals surface area (Å²) in [5.74, 6) is 1.60. The Labute approximate surface area is 162 Å². The Morgan fingerprint density at radius 1 is 1.11 bits per heavy atom. The van der Waals surface area contributed by atoms with E-state index in [0.29, 0.717) is 36.9 Å². The molecule has 0 radical (unpaired) electrons. The molecule has 142 valence electrons. The van der Waals surface area contributed by atoms with Crippen molar-refractivity contribution in [3.63, 3.8) is 0 Å². The molecule has 0 aromatic heterocycles. The summed E-state index contributed by atoms with van der Waals surface area (Å²) in [7, 11) is 0. The molecule has 0 unspecified atom stereocenters. The van der Waals surface area contributed by atoms with Crippen LogP contribution in [0.2, 0.25) is 0 Å². The van der Waals surface area contributed by atoms with E-state index in [4.69, 9.17) is 14.2 Å². The van der Waals surface area contributed by atoms with Crippen LogP contribution in [0.25, 0.3) is 10.8 Å². The van der Waals surface area contributed by atoms with E-state index in [1.165, 1.54) is 0 Å². The molecule has 0 atom stereocenters. The Balaban J connectivity index is 1.56. The maximum absolute atomic E-state index is 12.4. The predicted octanol–water partition coefficient (Wildman–Crippen LogP) is 3.77. The van der Waals surface area contributed by atoms with Crippen molar-refractivity contribution in [1.82, 2.24) is 5.43 Å². The fraction of sp³-hybridized carbons (Fsp3) is 0.182. The number of carbonyl (C=O) groups excluding carboxylic acids is 1. The number of rotatable bonds is 5. The summed E-state index contributed by atoms with van der Waals surface area (Å²) >= 11 is 0. The van der Waals surface area contributed by atoms with Crippen LogP contribution in [0.1, 0.15) is 22.8 Å². The molecule has 1 aliphatic heterocycles. The standard InChI is InChI=1S/C22H20N2O4/c1-2-26-19-9-7-15-5-3-4-6-17(15)18(19)14-23-24-22(25)16-8-10-20-21(13-16)28-12-11-27-20/h3-10,13-14H,2,11-12H2,1H3,(H,24,25)/b23-14+. The minimum atomic E-state index is -0.327. The number of ether oxygens (including phenoxy) is 3. The summed E-state index contributed by atoms with van der Waals surface area (Å²) in [5.41, 5.74) is 3.84. The van der Waals surface area contributed by atoms with Crippen molar-refractivity contribution in [3.05, 3.63) is 65.7 Å². The number of nitrogens with one attached hydrogen (secondary N) is 1. The monoisotopic (exact) mass is 376 g/mol. The first-order chi connectivity index (χ1) is 13.8. The number of hydrogen-bond donors (Lipinski definition) is 1. The third-order valence-electron chi connectivity index (χ3n) is 4.39. The predicted molar refractivity (Wildman–Crippen MR) is 108 cm³/mol. The number of benzene rings is 3. The van der Waals surface area contributed by atoms with Gasteiger partial charge in [-0.05, 0) is 42.0 Å². The van der Waals surface area contributed by atoms with E-state index in [2.05, 4.69) is 10.5 Å². The van der Waals surface area contributed by atoms with E-state index in [1.54, 1.807) is 24.4 Å². The van der Waals surface area contributed by atoms with E-state index in [-0.39, 0.29) is 5.91 Å². The van der Waals surface area contributed by atoms with Gasteiger partial charge >= 0.3 is 0 Å². The van der Waals surface area contributed by atoms with Gasteiger partial charge in [0.15, 0.2) is 11.5 Å². The van der Waals surface area contributed by atoms with Gasteiger partial charge in [0.1, 0.15) is 19.0 Å². The van der Waals surface area contributed by atoms with Gasteiger partial charge in [-0.3, -0.25) is 4.79 Å². The maximum atomic E-state index is 12.4. The normalized spacial score (nSPS) is 12.9. The molecular weight excluding hydrogens is 356 g/mol. The molecule has 3 aromatic carbocycles. The summed E-state index contributed by atoms with van der Waals surface area (Å²) in [6, 6.07) is 16.9. The zero-order valence-corrected chi connectivity index (χ0v) is 15.5. The topological polar surface area (TPSA) is 69.2 Å². The molecule has 0 bridgehead atoms. The van der Waals surface area contributed by atoms with Gasteiger partial charge in [0.2, 0.25) is 0 Å². The average molecular weight is 376 g/mol. The minimum Gasteiger partial charge on any atom is -0.493 e. The Morgan fingerprint density at radius 3 is 2.79 bits per heavy atom. The summed E-state index contributed by atoms with van der Waals surface area (Å²) in [5, 5.41) is 6.23. The number of carbonyl (C=O) groups is 1. The Bertz CT molecular complexity index is 1050. The van der Waals surface area contributed by atoms with E-state index in [0.717, 1.165) is 22.1 Å². The maximum Gasteiger partial charge on any atom is 0.271 e. The van der Waals surface area contributed by atoms with Gasteiger partial charge in [0.05, 0.1) is 12.8 Å². The van der Waals surface area contributed by atoms with Crippen LogP contribution in [0.5, 0.6) is 17.2 Å². The van der Waals surface area contributed by atoms with Crippen LogP contribution >= 0.6 is 0 Å². The van der Waals surface area contributed by atoms with E-state index in [9.17, 15) is 4.79 Å². The zero-order chi connectivity index (χ0) is 19.3. The Morgan fingerprint density at radius 2 is 1.93 bits per heavy atom. The van der Waals surface area contributed by atoms with Gasteiger partial charge < -0.3 is 14.2 Å². The molecule has 3 aromatic rings. The molecule has 1 amide bonds.